The summed E-state index contributed by atoms with van der Waals surface area (Å²) in [6.45, 7) is 2.46. The predicted molar refractivity (Wildman–Crippen MR) is 129 cm³/mol. The van der Waals surface area contributed by atoms with Crippen molar-refractivity contribution in [1.29, 1.82) is 5.26 Å². The average molecular weight is 430 g/mol. The van der Waals surface area contributed by atoms with E-state index in [1.165, 1.54) is 0 Å². The molecule has 0 saturated carbocycles. The van der Waals surface area contributed by atoms with Crippen molar-refractivity contribution in [3.05, 3.63) is 95.6 Å². The van der Waals surface area contributed by atoms with Gasteiger partial charge in [-0.15, -0.1) is 0 Å². The van der Waals surface area contributed by atoms with E-state index in [1.807, 2.05) is 42.6 Å². The number of rotatable bonds is 2. The van der Waals surface area contributed by atoms with E-state index in [4.69, 9.17) is 0 Å². The molecule has 0 atom stereocenters. The van der Waals surface area contributed by atoms with Gasteiger partial charge in [0.05, 0.1) is 22.3 Å². The first-order valence-corrected chi connectivity index (χ1v) is 10.9. The molecule has 0 radical (unpaired) electrons. The summed E-state index contributed by atoms with van der Waals surface area (Å²) < 4.78 is 14.2. The summed E-state index contributed by atoms with van der Waals surface area (Å²) >= 11 is 0. The number of aromatic nitrogens is 2. The molecule has 3 heterocycles. The third-order valence-corrected chi connectivity index (χ3v) is 6.41. The number of nitrogens with zero attached hydrogens (tertiary/aromatic N) is 4. The van der Waals surface area contributed by atoms with Gasteiger partial charge in [0, 0.05) is 41.0 Å². The van der Waals surface area contributed by atoms with E-state index < -0.39 is 0 Å². The SMILES string of the molecule is Cc1cc2c(cc1F)CCN2c1c(C#N)cnc2ccc(-c3cnc4ccccc4c3)cc12. The fourth-order valence-corrected chi connectivity index (χ4v) is 4.70. The van der Waals surface area contributed by atoms with Gasteiger partial charge in [-0.1, -0.05) is 24.3 Å². The molecule has 6 rings (SSSR count). The molecule has 158 valence electrons. The zero-order valence-electron chi connectivity index (χ0n) is 18.0. The zero-order chi connectivity index (χ0) is 22.5. The topological polar surface area (TPSA) is 52.8 Å². The van der Waals surface area contributed by atoms with Crippen LogP contribution in [0.15, 0.2) is 73.1 Å². The summed E-state index contributed by atoms with van der Waals surface area (Å²) in [6, 6.07) is 22.1. The quantitative estimate of drug-likeness (QED) is 0.322. The lowest BCUT2D eigenvalue weighted by Crippen LogP contribution is -2.15. The fraction of sp³-hybridized carbons (Fsp3) is 0.107. The summed E-state index contributed by atoms with van der Waals surface area (Å²) in [7, 11) is 0. The third-order valence-electron chi connectivity index (χ3n) is 6.41. The molecule has 5 heteroatoms. The Morgan fingerprint density at radius 3 is 2.67 bits per heavy atom. The maximum Gasteiger partial charge on any atom is 0.126 e. The molecule has 0 N–H and O–H groups in total. The van der Waals surface area contributed by atoms with Crippen LogP contribution >= 0.6 is 0 Å². The van der Waals surface area contributed by atoms with Gasteiger partial charge in [0.25, 0.3) is 0 Å². The lowest BCUT2D eigenvalue weighted by molar-refractivity contribution is 0.617. The largest absolute Gasteiger partial charge is 0.339 e. The van der Waals surface area contributed by atoms with E-state index in [0.29, 0.717) is 17.7 Å². The van der Waals surface area contributed by atoms with Crippen LogP contribution in [0.25, 0.3) is 32.9 Å². The van der Waals surface area contributed by atoms with E-state index in [2.05, 4.69) is 39.1 Å². The van der Waals surface area contributed by atoms with Gasteiger partial charge in [0.15, 0.2) is 0 Å². The molecule has 0 bridgehead atoms. The fourth-order valence-electron chi connectivity index (χ4n) is 4.70. The van der Waals surface area contributed by atoms with Crippen LogP contribution in [0.1, 0.15) is 16.7 Å². The Labute approximate surface area is 190 Å². The normalized spacial score (nSPS) is 12.8. The van der Waals surface area contributed by atoms with Crippen molar-refractivity contribution in [1.82, 2.24) is 9.97 Å². The van der Waals surface area contributed by atoms with Crippen LogP contribution in [-0.2, 0) is 6.42 Å². The maximum atomic E-state index is 14.2. The lowest BCUT2D eigenvalue weighted by atomic mass is 10.0. The smallest absolute Gasteiger partial charge is 0.126 e. The molecular formula is C28H19FN4. The van der Waals surface area contributed by atoms with Crippen molar-refractivity contribution < 1.29 is 4.39 Å². The monoisotopic (exact) mass is 430 g/mol. The molecule has 0 amide bonds. The highest BCUT2D eigenvalue weighted by molar-refractivity contribution is 6.00. The van der Waals surface area contributed by atoms with E-state index in [-0.39, 0.29) is 5.82 Å². The highest BCUT2D eigenvalue weighted by atomic mass is 19.1. The molecule has 5 aromatic rings. The molecule has 0 saturated heterocycles. The Morgan fingerprint density at radius 2 is 1.79 bits per heavy atom. The van der Waals surface area contributed by atoms with Gasteiger partial charge < -0.3 is 4.90 Å². The Balaban J connectivity index is 1.56. The molecule has 2 aromatic heterocycles. The number of para-hydroxylation sites is 1. The summed E-state index contributed by atoms with van der Waals surface area (Å²) in [5.74, 6) is -0.193. The maximum absolute atomic E-state index is 14.2. The second-order valence-electron chi connectivity index (χ2n) is 8.41. The zero-order valence-corrected chi connectivity index (χ0v) is 18.0. The predicted octanol–water partition coefficient (Wildman–Crippen LogP) is 6.46. The van der Waals surface area contributed by atoms with Crippen molar-refractivity contribution >= 4 is 33.2 Å². The number of anilines is 2. The summed E-state index contributed by atoms with van der Waals surface area (Å²) in [6.07, 6.45) is 4.24. The Hall–Kier alpha value is -4.30. The second kappa shape index (κ2) is 7.39. The highest BCUT2D eigenvalue weighted by Gasteiger charge is 2.26. The number of pyridine rings is 2. The first-order valence-electron chi connectivity index (χ1n) is 10.9. The second-order valence-corrected chi connectivity index (χ2v) is 8.41. The number of benzene rings is 3. The number of fused-ring (bicyclic) bond motifs is 3. The van der Waals surface area contributed by atoms with Gasteiger partial charge in [0.2, 0.25) is 0 Å². The summed E-state index contributed by atoms with van der Waals surface area (Å²) in [4.78, 5) is 11.3. The Bertz CT molecular complexity index is 1620. The standard InChI is InChI=1S/C28H19FN4/c1-17-10-27-20(13-24(17)29)8-9-33(27)28-22(14-30)16-32-26-7-6-18(12-23(26)28)21-11-19-4-2-3-5-25(19)31-15-21/h2-7,10-13,15-16H,8-9H2,1H3. The van der Waals surface area contributed by atoms with Crippen molar-refractivity contribution in [3.63, 3.8) is 0 Å². The van der Waals surface area contributed by atoms with Crippen LogP contribution in [0.2, 0.25) is 0 Å². The van der Waals surface area contributed by atoms with Gasteiger partial charge in [0.1, 0.15) is 11.9 Å². The lowest BCUT2D eigenvalue weighted by Gasteiger charge is -2.23. The molecule has 33 heavy (non-hydrogen) atoms. The summed E-state index contributed by atoms with van der Waals surface area (Å²) in [5, 5.41) is 11.9. The van der Waals surface area contributed by atoms with Gasteiger partial charge in [-0.3, -0.25) is 9.97 Å². The minimum Gasteiger partial charge on any atom is -0.339 e. The summed E-state index contributed by atoms with van der Waals surface area (Å²) in [5.41, 5.74) is 7.62. The van der Waals surface area contributed by atoms with E-state index >= 15 is 0 Å². The molecule has 0 spiro atoms. The van der Waals surface area contributed by atoms with Gasteiger partial charge in [-0.2, -0.15) is 5.26 Å². The highest BCUT2D eigenvalue weighted by Crippen LogP contribution is 2.41. The Morgan fingerprint density at radius 1 is 0.939 bits per heavy atom. The average Bonchev–Trinajstić information content (AvgIpc) is 3.24. The van der Waals surface area contributed by atoms with E-state index in [1.54, 1.807) is 19.2 Å². The van der Waals surface area contributed by atoms with Crippen LogP contribution < -0.4 is 4.90 Å². The third kappa shape index (κ3) is 3.11. The van der Waals surface area contributed by atoms with Crippen LogP contribution in [0.5, 0.6) is 0 Å². The molecular weight excluding hydrogens is 411 g/mol. The number of hydrogen-bond donors (Lipinski definition) is 0. The number of halogens is 1. The number of nitriles is 1. The minimum atomic E-state index is -0.193. The molecule has 0 aliphatic carbocycles. The minimum absolute atomic E-state index is 0.193. The first kappa shape index (κ1) is 19.4. The molecule has 3 aromatic carbocycles. The van der Waals surface area contributed by atoms with Crippen LogP contribution in [-0.4, -0.2) is 16.5 Å². The number of hydrogen-bond acceptors (Lipinski definition) is 4. The van der Waals surface area contributed by atoms with E-state index in [9.17, 15) is 9.65 Å². The molecule has 0 unspecified atom stereocenters. The van der Waals surface area contributed by atoms with Crippen LogP contribution in [0.3, 0.4) is 0 Å². The molecule has 4 nitrogen and oxygen atoms in total. The van der Waals surface area contributed by atoms with Crippen molar-refractivity contribution in [2.75, 3.05) is 11.4 Å². The molecule has 1 aliphatic rings. The Kier molecular flexibility index (Phi) is 4.34. The van der Waals surface area contributed by atoms with Crippen molar-refractivity contribution in [2.45, 2.75) is 13.3 Å². The van der Waals surface area contributed by atoms with Crippen molar-refractivity contribution in [3.8, 4) is 17.2 Å². The van der Waals surface area contributed by atoms with Crippen LogP contribution in [0.4, 0.5) is 15.8 Å². The van der Waals surface area contributed by atoms with Gasteiger partial charge in [-0.05, 0) is 66.4 Å². The van der Waals surface area contributed by atoms with Gasteiger partial charge in [-0.25, -0.2) is 4.39 Å². The first-order chi connectivity index (χ1) is 16.1. The van der Waals surface area contributed by atoms with Gasteiger partial charge >= 0.3 is 0 Å². The molecule has 1 aliphatic heterocycles. The van der Waals surface area contributed by atoms with Crippen LogP contribution in [0, 0.1) is 24.1 Å². The molecule has 0 fully saturated rings. The van der Waals surface area contributed by atoms with E-state index in [0.717, 1.165) is 56.3 Å². The number of aryl methyl sites for hydroxylation is 1. The van der Waals surface area contributed by atoms with Crippen molar-refractivity contribution in [2.24, 2.45) is 0 Å².